The van der Waals surface area contributed by atoms with Gasteiger partial charge in [-0.15, -0.1) is 0 Å². The zero-order valence-corrected chi connectivity index (χ0v) is 15.6. The van der Waals surface area contributed by atoms with Crippen LogP contribution in [0.15, 0.2) is 91.5 Å². The number of ether oxygens (including phenoxy) is 2. The van der Waals surface area contributed by atoms with Gasteiger partial charge in [0, 0.05) is 5.56 Å². The van der Waals surface area contributed by atoms with E-state index in [-0.39, 0.29) is 0 Å². The highest BCUT2D eigenvalue weighted by atomic mass is 16.5. The van der Waals surface area contributed by atoms with Crippen molar-refractivity contribution in [2.45, 2.75) is 6.61 Å². The van der Waals surface area contributed by atoms with Crippen LogP contribution in [-0.2, 0) is 11.4 Å². The molecule has 0 spiro atoms. The Bertz CT molecular complexity index is 941. The molecule has 0 heterocycles. The molecule has 28 heavy (non-hydrogen) atoms. The smallest absolute Gasteiger partial charge is 0.142 e. The van der Waals surface area contributed by atoms with E-state index in [0.717, 1.165) is 40.0 Å². The Labute approximate surface area is 165 Å². The molecule has 0 aliphatic rings. The largest absolute Gasteiger partial charge is 0.490 e. The number of hydrogen-bond donors (Lipinski definition) is 0. The topological polar surface area (TPSA) is 35.5 Å². The van der Waals surface area contributed by atoms with Crippen LogP contribution in [0.3, 0.4) is 0 Å². The molecule has 0 N–H and O–H groups in total. The van der Waals surface area contributed by atoms with Gasteiger partial charge in [0.1, 0.15) is 31.0 Å². The van der Waals surface area contributed by atoms with Crippen LogP contribution in [0, 0.1) is 0 Å². The first kappa shape index (κ1) is 19.2. The van der Waals surface area contributed by atoms with Gasteiger partial charge in [-0.05, 0) is 47.0 Å². The fraction of sp³-hybridized carbons (Fsp3) is 0.0800. The third-order valence-electron chi connectivity index (χ3n) is 4.14. The van der Waals surface area contributed by atoms with Gasteiger partial charge in [-0.2, -0.15) is 0 Å². The summed E-state index contributed by atoms with van der Waals surface area (Å²) < 4.78 is 11.7. The summed E-state index contributed by atoms with van der Waals surface area (Å²) >= 11 is 0. The molecule has 0 fully saturated rings. The Hall–Kier alpha value is -3.59. The highest BCUT2D eigenvalue weighted by molar-refractivity contribution is 5.78. The monoisotopic (exact) mass is 370 g/mol. The summed E-state index contributed by atoms with van der Waals surface area (Å²) in [6.45, 7) is 4.61. The summed E-state index contributed by atoms with van der Waals surface area (Å²) in [5.74, 6) is 1.57. The Kier molecular flexibility index (Phi) is 6.80. The molecule has 0 saturated carbocycles. The summed E-state index contributed by atoms with van der Waals surface area (Å²) in [6.07, 6.45) is 5.74. The summed E-state index contributed by atoms with van der Waals surface area (Å²) in [5.41, 5.74) is 4.00. The van der Waals surface area contributed by atoms with E-state index in [1.165, 1.54) is 6.08 Å². The van der Waals surface area contributed by atoms with Gasteiger partial charge in [0.25, 0.3) is 0 Å². The van der Waals surface area contributed by atoms with Gasteiger partial charge in [0.05, 0.1) is 0 Å². The van der Waals surface area contributed by atoms with E-state index in [0.29, 0.717) is 13.2 Å². The standard InChI is InChI=1S/C25H22O3/c1-2-17-27-23-13-11-22(12-14-23)24-18-20(9-6-16-26)10-15-25(24)28-19-21-7-4-3-5-8-21/h2-16,18H,1,17,19H2/b9-6+. The van der Waals surface area contributed by atoms with E-state index < -0.39 is 0 Å². The van der Waals surface area contributed by atoms with E-state index in [1.807, 2.05) is 72.8 Å². The lowest BCUT2D eigenvalue weighted by Gasteiger charge is -2.13. The fourth-order valence-corrected chi connectivity index (χ4v) is 2.77. The highest BCUT2D eigenvalue weighted by Gasteiger charge is 2.08. The number of carbonyl (C=O) groups is 1. The maximum atomic E-state index is 10.7. The first-order valence-corrected chi connectivity index (χ1v) is 9.07. The number of carbonyl (C=O) groups excluding carboxylic acids is 1. The predicted octanol–water partition coefficient (Wildman–Crippen LogP) is 5.71. The molecule has 0 radical (unpaired) electrons. The number of aldehydes is 1. The normalized spacial score (nSPS) is 10.6. The van der Waals surface area contributed by atoms with Crippen LogP contribution in [0.5, 0.6) is 11.5 Å². The van der Waals surface area contributed by atoms with Crippen molar-refractivity contribution in [2.75, 3.05) is 6.61 Å². The summed E-state index contributed by atoms with van der Waals surface area (Å²) in [7, 11) is 0. The Morgan fingerprint density at radius 1 is 0.893 bits per heavy atom. The molecule has 140 valence electrons. The Morgan fingerprint density at radius 3 is 2.39 bits per heavy atom. The van der Waals surface area contributed by atoms with Gasteiger partial charge >= 0.3 is 0 Å². The van der Waals surface area contributed by atoms with E-state index in [4.69, 9.17) is 9.47 Å². The quantitative estimate of drug-likeness (QED) is 0.275. The van der Waals surface area contributed by atoms with E-state index in [2.05, 4.69) is 6.58 Å². The molecular formula is C25H22O3. The molecule has 3 aromatic rings. The van der Waals surface area contributed by atoms with Crippen molar-refractivity contribution in [3.05, 3.63) is 103 Å². The second-order valence-corrected chi connectivity index (χ2v) is 6.15. The summed E-state index contributed by atoms with van der Waals surface area (Å²) in [4.78, 5) is 10.7. The molecule has 3 aromatic carbocycles. The average molecular weight is 370 g/mol. The van der Waals surface area contributed by atoms with Crippen LogP contribution >= 0.6 is 0 Å². The lowest BCUT2D eigenvalue weighted by Crippen LogP contribution is -1.97. The molecule has 0 bridgehead atoms. The van der Waals surface area contributed by atoms with Gasteiger partial charge in [-0.25, -0.2) is 0 Å². The van der Waals surface area contributed by atoms with Crippen LogP contribution in [0.1, 0.15) is 11.1 Å². The Morgan fingerprint density at radius 2 is 1.68 bits per heavy atom. The molecule has 0 aliphatic carbocycles. The molecule has 0 aliphatic heterocycles. The van der Waals surface area contributed by atoms with Crippen LogP contribution < -0.4 is 9.47 Å². The second kappa shape index (κ2) is 9.93. The minimum Gasteiger partial charge on any atom is -0.490 e. The van der Waals surface area contributed by atoms with Crippen molar-refractivity contribution in [3.63, 3.8) is 0 Å². The molecular weight excluding hydrogens is 348 g/mol. The van der Waals surface area contributed by atoms with E-state index in [9.17, 15) is 4.79 Å². The first-order chi connectivity index (χ1) is 13.8. The third-order valence-corrected chi connectivity index (χ3v) is 4.14. The SMILES string of the molecule is C=CCOc1ccc(-c2cc(/C=C/C=O)ccc2OCc2ccccc2)cc1. The predicted molar refractivity (Wildman–Crippen MR) is 113 cm³/mol. The van der Waals surface area contributed by atoms with Crippen LogP contribution in [-0.4, -0.2) is 12.9 Å². The van der Waals surface area contributed by atoms with Crippen LogP contribution in [0.25, 0.3) is 17.2 Å². The zero-order chi connectivity index (χ0) is 19.6. The Balaban J connectivity index is 1.89. The van der Waals surface area contributed by atoms with Gasteiger partial charge in [0.15, 0.2) is 0 Å². The molecule has 0 saturated heterocycles. The van der Waals surface area contributed by atoms with Crippen molar-refractivity contribution in [3.8, 4) is 22.6 Å². The molecule has 3 heteroatoms. The van der Waals surface area contributed by atoms with Gasteiger partial charge in [-0.3, -0.25) is 4.79 Å². The highest BCUT2D eigenvalue weighted by Crippen LogP contribution is 2.33. The van der Waals surface area contributed by atoms with Gasteiger partial charge in [0.2, 0.25) is 0 Å². The lowest BCUT2D eigenvalue weighted by atomic mass is 10.0. The van der Waals surface area contributed by atoms with E-state index in [1.54, 1.807) is 12.2 Å². The minimum atomic E-state index is 0.469. The number of benzene rings is 3. The molecule has 3 nitrogen and oxygen atoms in total. The average Bonchev–Trinajstić information content (AvgIpc) is 2.76. The van der Waals surface area contributed by atoms with Crippen molar-refractivity contribution < 1.29 is 14.3 Å². The molecule has 0 aromatic heterocycles. The minimum absolute atomic E-state index is 0.469. The summed E-state index contributed by atoms with van der Waals surface area (Å²) in [6, 6.07) is 23.8. The van der Waals surface area contributed by atoms with Crippen molar-refractivity contribution in [2.24, 2.45) is 0 Å². The number of rotatable bonds is 9. The maximum absolute atomic E-state index is 10.7. The van der Waals surface area contributed by atoms with E-state index >= 15 is 0 Å². The second-order valence-electron chi connectivity index (χ2n) is 6.15. The number of hydrogen-bond acceptors (Lipinski definition) is 3. The maximum Gasteiger partial charge on any atom is 0.142 e. The molecule has 3 rings (SSSR count). The summed E-state index contributed by atoms with van der Waals surface area (Å²) in [5, 5.41) is 0. The molecule has 0 unspecified atom stereocenters. The van der Waals surface area contributed by atoms with Crippen LogP contribution in [0.2, 0.25) is 0 Å². The fourth-order valence-electron chi connectivity index (χ4n) is 2.77. The third kappa shape index (κ3) is 5.21. The van der Waals surface area contributed by atoms with Crippen molar-refractivity contribution in [1.82, 2.24) is 0 Å². The van der Waals surface area contributed by atoms with Crippen molar-refractivity contribution in [1.29, 1.82) is 0 Å². The zero-order valence-electron chi connectivity index (χ0n) is 15.6. The van der Waals surface area contributed by atoms with Crippen molar-refractivity contribution >= 4 is 12.4 Å². The lowest BCUT2D eigenvalue weighted by molar-refractivity contribution is -0.104. The molecule has 0 amide bonds. The first-order valence-electron chi connectivity index (χ1n) is 9.07. The van der Waals surface area contributed by atoms with Gasteiger partial charge in [-0.1, -0.05) is 67.3 Å². The van der Waals surface area contributed by atoms with Gasteiger partial charge < -0.3 is 9.47 Å². The van der Waals surface area contributed by atoms with Crippen LogP contribution in [0.4, 0.5) is 0 Å². The molecule has 0 atom stereocenters. The number of allylic oxidation sites excluding steroid dienone is 1.